The zero-order valence-electron chi connectivity index (χ0n) is 10.0. The molecule has 3 nitrogen and oxygen atoms in total. The monoisotopic (exact) mass is 468 g/mol. The second-order valence-corrected chi connectivity index (χ2v) is 7.90. The zero-order valence-corrected chi connectivity index (χ0v) is 15.6. The predicted octanol–water partition coefficient (Wildman–Crippen LogP) is 5.32. The van der Waals surface area contributed by atoms with Crippen LogP contribution in [0.5, 0.6) is 0 Å². The summed E-state index contributed by atoms with van der Waals surface area (Å²) in [5, 5.41) is 3.47. The lowest BCUT2D eigenvalue weighted by Crippen LogP contribution is -2.22. The first-order valence-electron chi connectivity index (χ1n) is 5.71. The summed E-state index contributed by atoms with van der Waals surface area (Å²) in [6.07, 6.45) is 1.77. The third kappa shape index (κ3) is 3.77. The molecule has 7 heteroatoms. The Morgan fingerprint density at radius 1 is 1.47 bits per heavy atom. The van der Waals surface area contributed by atoms with Crippen LogP contribution in [0.1, 0.15) is 19.8 Å². The number of hydrogen-bond donors (Lipinski definition) is 1. The molecular weight excluding hydrogens is 460 g/mol. The van der Waals surface area contributed by atoms with Gasteiger partial charge in [-0.15, -0.1) is 0 Å². The quantitative estimate of drug-likeness (QED) is 0.614. The molecule has 1 aromatic carbocycles. The van der Waals surface area contributed by atoms with Gasteiger partial charge in [0.1, 0.15) is 0 Å². The van der Waals surface area contributed by atoms with Crippen LogP contribution in [0.2, 0.25) is 0 Å². The van der Waals surface area contributed by atoms with Crippen LogP contribution >= 0.6 is 59.1 Å². The Labute approximate surface area is 140 Å². The molecule has 0 saturated carbocycles. The molecule has 19 heavy (non-hydrogen) atoms. The molecule has 0 radical (unpaired) electrons. The summed E-state index contributed by atoms with van der Waals surface area (Å²) < 4.78 is 2.92. The summed E-state index contributed by atoms with van der Waals surface area (Å²) in [6, 6.07) is 3.93. The molecule has 1 amide bonds. The summed E-state index contributed by atoms with van der Waals surface area (Å²) in [5.41, 5.74) is 0.866. The lowest BCUT2D eigenvalue weighted by Gasteiger charge is -2.06. The fourth-order valence-corrected chi connectivity index (χ4v) is 4.68. The summed E-state index contributed by atoms with van der Waals surface area (Å²) in [6.45, 7) is 2.05. The Bertz CT molecular complexity index is 614. The second kappa shape index (κ2) is 6.65. The maximum absolute atomic E-state index is 11.9. The topological polar surface area (TPSA) is 42.0 Å². The Hall–Kier alpha value is 0.0200. The zero-order chi connectivity index (χ0) is 14.0. The van der Waals surface area contributed by atoms with Gasteiger partial charge < -0.3 is 5.32 Å². The fraction of sp³-hybridized carbons (Fsp3) is 0.333. The average molecular weight is 471 g/mol. The van der Waals surface area contributed by atoms with E-state index in [0.29, 0.717) is 5.13 Å². The SMILES string of the molecule is CCCC(Br)C(=O)Nc1nc2c(Br)cc(Br)cc2s1. The van der Waals surface area contributed by atoms with E-state index in [-0.39, 0.29) is 10.7 Å². The minimum absolute atomic E-state index is 0.0453. The van der Waals surface area contributed by atoms with Crippen LogP contribution in [0.15, 0.2) is 21.1 Å². The van der Waals surface area contributed by atoms with Gasteiger partial charge in [-0.3, -0.25) is 4.79 Å². The van der Waals surface area contributed by atoms with Crippen molar-refractivity contribution in [1.82, 2.24) is 4.98 Å². The molecule has 0 aliphatic heterocycles. The molecular formula is C12H11Br3N2OS. The normalized spacial score (nSPS) is 12.6. The number of rotatable bonds is 4. The van der Waals surface area contributed by atoms with E-state index in [1.165, 1.54) is 11.3 Å². The number of hydrogen-bond acceptors (Lipinski definition) is 3. The molecule has 0 bridgehead atoms. The van der Waals surface area contributed by atoms with E-state index in [2.05, 4.69) is 58.1 Å². The van der Waals surface area contributed by atoms with Crippen LogP contribution in [0.25, 0.3) is 10.2 Å². The molecule has 1 N–H and O–H groups in total. The number of carbonyl (C=O) groups excluding carboxylic acids is 1. The molecule has 1 atom stereocenters. The Balaban J connectivity index is 2.22. The fourth-order valence-electron chi connectivity index (χ4n) is 1.58. The first-order chi connectivity index (χ1) is 9.01. The summed E-state index contributed by atoms with van der Waals surface area (Å²) in [4.78, 5) is 16.2. The molecule has 0 aliphatic rings. The highest BCUT2D eigenvalue weighted by molar-refractivity contribution is 9.11. The molecule has 0 aliphatic carbocycles. The van der Waals surface area contributed by atoms with Gasteiger partial charge in [-0.25, -0.2) is 4.98 Å². The van der Waals surface area contributed by atoms with Gasteiger partial charge in [0.25, 0.3) is 0 Å². The summed E-state index contributed by atoms with van der Waals surface area (Å²) >= 11 is 11.8. The van der Waals surface area contributed by atoms with Crippen molar-refractivity contribution in [3.8, 4) is 0 Å². The average Bonchev–Trinajstić information content (AvgIpc) is 2.72. The number of halogens is 3. The summed E-state index contributed by atoms with van der Waals surface area (Å²) in [5.74, 6) is -0.0453. The van der Waals surface area contributed by atoms with Crippen LogP contribution in [0.3, 0.4) is 0 Å². The number of aromatic nitrogens is 1. The molecule has 0 saturated heterocycles. The van der Waals surface area contributed by atoms with Gasteiger partial charge in [0.15, 0.2) is 5.13 Å². The molecule has 1 aromatic heterocycles. The van der Waals surface area contributed by atoms with Gasteiger partial charge in [-0.2, -0.15) is 0 Å². The number of nitrogens with zero attached hydrogens (tertiary/aromatic N) is 1. The van der Waals surface area contributed by atoms with Crippen molar-refractivity contribution in [3.63, 3.8) is 0 Å². The van der Waals surface area contributed by atoms with Crippen LogP contribution in [-0.4, -0.2) is 15.7 Å². The van der Waals surface area contributed by atoms with E-state index in [1.54, 1.807) is 0 Å². The largest absolute Gasteiger partial charge is 0.301 e. The number of fused-ring (bicyclic) bond motifs is 1. The minimum atomic E-state index is -0.167. The van der Waals surface area contributed by atoms with Crippen LogP contribution in [-0.2, 0) is 4.79 Å². The van der Waals surface area contributed by atoms with Crippen molar-refractivity contribution in [2.75, 3.05) is 5.32 Å². The first kappa shape index (κ1) is 15.4. The highest BCUT2D eigenvalue weighted by Gasteiger charge is 2.16. The van der Waals surface area contributed by atoms with Crippen molar-refractivity contribution in [2.24, 2.45) is 0 Å². The second-order valence-electron chi connectivity index (χ2n) is 4.00. The minimum Gasteiger partial charge on any atom is -0.301 e. The van der Waals surface area contributed by atoms with E-state index >= 15 is 0 Å². The maximum Gasteiger partial charge on any atom is 0.239 e. The number of carbonyl (C=O) groups is 1. The Morgan fingerprint density at radius 2 is 2.21 bits per heavy atom. The Kier molecular flexibility index (Phi) is 5.39. The highest BCUT2D eigenvalue weighted by atomic mass is 79.9. The van der Waals surface area contributed by atoms with Crippen LogP contribution in [0, 0.1) is 0 Å². The number of thiazole rings is 1. The van der Waals surface area contributed by atoms with Crippen molar-refractivity contribution in [3.05, 3.63) is 21.1 Å². The van der Waals surface area contributed by atoms with E-state index in [4.69, 9.17) is 0 Å². The third-order valence-electron chi connectivity index (χ3n) is 2.47. The standard InChI is InChI=1S/C12H11Br3N2OS/c1-2-3-7(14)11(18)17-12-16-10-8(15)4-6(13)5-9(10)19-12/h4-5,7H,2-3H2,1H3,(H,16,17,18). The van der Waals surface area contributed by atoms with E-state index in [1.807, 2.05) is 19.1 Å². The maximum atomic E-state index is 11.9. The molecule has 0 fully saturated rings. The predicted molar refractivity (Wildman–Crippen MR) is 91.3 cm³/mol. The number of amides is 1. The Morgan fingerprint density at radius 3 is 2.89 bits per heavy atom. The van der Waals surface area contributed by atoms with Gasteiger partial charge in [0, 0.05) is 8.95 Å². The molecule has 0 spiro atoms. The van der Waals surface area contributed by atoms with Crippen LogP contribution in [0.4, 0.5) is 5.13 Å². The van der Waals surface area contributed by atoms with Crippen molar-refractivity contribution < 1.29 is 4.79 Å². The lowest BCUT2D eigenvalue weighted by atomic mass is 10.2. The van der Waals surface area contributed by atoms with E-state index in [0.717, 1.165) is 32.0 Å². The lowest BCUT2D eigenvalue weighted by molar-refractivity contribution is -0.115. The van der Waals surface area contributed by atoms with Gasteiger partial charge in [0.05, 0.1) is 15.0 Å². The van der Waals surface area contributed by atoms with Gasteiger partial charge in [0.2, 0.25) is 5.91 Å². The summed E-state index contributed by atoms with van der Waals surface area (Å²) in [7, 11) is 0. The van der Waals surface area contributed by atoms with E-state index < -0.39 is 0 Å². The molecule has 1 unspecified atom stereocenters. The van der Waals surface area contributed by atoms with Crippen LogP contribution < -0.4 is 5.32 Å². The van der Waals surface area contributed by atoms with Crippen molar-refractivity contribution in [2.45, 2.75) is 24.6 Å². The van der Waals surface area contributed by atoms with Gasteiger partial charge in [-0.1, -0.05) is 56.5 Å². The van der Waals surface area contributed by atoms with Gasteiger partial charge in [-0.05, 0) is 34.5 Å². The third-order valence-corrected chi connectivity index (χ3v) is 5.32. The molecule has 102 valence electrons. The van der Waals surface area contributed by atoms with Crippen molar-refractivity contribution >= 4 is 80.4 Å². The van der Waals surface area contributed by atoms with E-state index in [9.17, 15) is 4.79 Å². The number of alkyl halides is 1. The molecule has 2 aromatic rings. The molecule has 1 heterocycles. The smallest absolute Gasteiger partial charge is 0.239 e. The van der Waals surface area contributed by atoms with Crippen molar-refractivity contribution in [1.29, 1.82) is 0 Å². The molecule has 2 rings (SSSR count). The number of benzene rings is 1. The highest BCUT2D eigenvalue weighted by Crippen LogP contribution is 2.34. The van der Waals surface area contributed by atoms with Gasteiger partial charge >= 0.3 is 0 Å². The number of nitrogens with one attached hydrogen (secondary N) is 1. The first-order valence-corrected chi connectivity index (χ1v) is 9.03. The number of anilines is 1.